The van der Waals surface area contributed by atoms with E-state index in [4.69, 9.17) is 4.74 Å². The van der Waals surface area contributed by atoms with Crippen LogP contribution in [0.25, 0.3) is 0 Å². The summed E-state index contributed by atoms with van der Waals surface area (Å²) in [5, 5.41) is 21.3. The first-order valence-electron chi connectivity index (χ1n) is 7.10. The standard InChI is InChI=1S/C15H22O4/c1-8-4-5-12(16)15(18)7-11-10(6-14(8,15)3)9(2)13(17)19-11/h8,11-12,16,18H,4-7H2,1-3H3/t8-,11?,12+,14+,15-/m0/s1. The molecule has 0 amide bonds. The van der Waals surface area contributed by atoms with Gasteiger partial charge in [0.25, 0.3) is 0 Å². The SMILES string of the molecule is CC1=C2C[C@]3(C)[C@@H](C)CC[C@@H](O)[C@@]3(O)CC2OC1=O. The number of aliphatic hydroxyl groups excluding tert-OH is 1. The van der Waals surface area contributed by atoms with Crippen LogP contribution in [0.15, 0.2) is 11.1 Å². The van der Waals surface area contributed by atoms with Gasteiger partial charge in [-0.25, -0.2) is 4.79 Å². The van der Waals surface area contributed by atoms with E-state index in [9.17, 15) is 15.0 Å². The predicted octanol–water partition coefficient (Wildman–Crippen LogP) is 1.55. The monoisotopic (exact) mass is 266 g/mol. The quantitative estimate of drug-likeness (QED) is 0.653. The van der Waals surface area contributed by atoms with Crippen LogP contribution in [0.4, 0.5) is 0 Å². The third kappa shape index (κ3) is 1.50. The molecule has 2 fully saturated rings. The van der Waals surface area contributed by atoms with Gasteiger partial charge in [-0.2, -0.15) is 0 Å². The zero-order valence-corrected chi connectivity index (χ0v) is 11.8. The minimum absolute atomic E-state index is 0.270. The van der Waals surface area contributed by atoms with Crippen LogP contribution in [0.5, 0.6) is 0 Å². The van der Waals surface area contributed by atoms with Crippen LogP contribution in [0, 0.1) is 11.3 Å². The molecule has 0 aromatic heterocycles. The Kier molecular flexibility index (Phi) is 2.64. The lowest BCUT2D eigenvalue weighted by atomic mass is 9.51. The highest BCUT2D eigenvalue weighted by Gasteiger charge is 2.62. The number of hydrogen-bond acceptors (Lipinski definition) is 4. The van der Waals surface area contributed by atoms with Gasteiger partial charge >= 0.3 is 5.97 Å². The molecule has 0 saturated heterocycles. The summed E-state index contributed by atoms with van der Waals surface area (Å²) in [6, 6.07) is 0. The fraction of sp³-hybridized carbons (Fsp3) is 0.800. The van der Waals surface area contributed by atoms with Gasteiger partial charge in [0.05, 0.1) is 6.10 Å². The molecule has 0 aromatic rings. The molecule has 5 atom stereocenters. The van der Waals surface area contributed by atoms with Crippen molar-refractivity contribution in [3.63, 3.8) is 0 Å². The van der Waals surface area contributed by atoms with E-state index in [1.165, 1.54) is 0 Å². The molecule has 2 saturated carbocycles. The zero-order chi connectivity index (χ0) is 14.0. The molecule has 106 valence electrons. The maximum atomic E-state index is 11.7. The van der Waals surface area contributed by atoms with Gasteiger partial charge in [-0.3, -0.25) is 0 Å². The van der Waals surface area contributed by atoms with Crippen LogP contribution in [0.2, 0.25) is 0 Å². The highest BCUT2D eigenvalue weighted by atomic mass is 16.5. The van der Waals surface area contributed by atoms with E-state index in [0.29, 0.717) is 30.8 Å². The Bertz CT molecular complexity index is 469. The Balaban J connectivity index is 2.06. The minimum Gasteiger partial charge on any atom is -0.454 e. The normalized spacial score (nSPS) is 49.7. The van der Waals surface area contributed by atoms with E-state index in [1.54, 1.807) is 6.92 Å². The summed E-state index contributed by atoms with van der Waals surface area (Å²) in [5.74, 6) is 0.0471. The van der Waals surface area contributed by atoms with Crippen molar-refractivity contribution in [3.8, 4) is 0 Å². The maximum absolute atomic E-state index is 11.7. The van der Waals surface area contributed by atoms with E-state index in [0.717, 1.165) is 12.0 Å². The Hall–Kier alpha value is -0.870. The lowest BCUT2D eigenvalue weighted by molar-refractivity contribution is -0.221. The Morgan fingerprint density at radius 3 is 2.74 bits per heavy atom. The third-order valence-corrected chi connectivity index (χ3v) is 5.98. The molecule has 4 heteroatoms. The van der Waals surface area contributed by atoms with Crippen molar-refractivity contribution in [1.82, 2.24) is 0 Å². The molecule has 0 aromatic carbocycles. The van der Waals surface area contributed by atoms with Crippen molar-refractivity contribution in [1.29, 1.82) is 0 Å². The van der Waals surface area contributed by atoms with E-state index < -0.39 is 11.7 Å². The topological polar surface area (TPSA) is 66.8 Å². The molecule has 0 bridgehead atoms. The van der Waals surface area contributed by atoms with Gasteiger partial charge in [-0.1, -0.05) is 13.8 Å². The minimum atomic E-state index is -1.15. The molecule has 0 spiro atoms. The summed E-state index contributed by atoms with van der Waals surface area (Å²) in [7, 11) is 0. The van der Waals surface area contributed by atoms with Gasteiger partial charge in [0.1, 0.15) is 11.7 Å². The average molecular weight is 266 g/mol. The summed E-state index contributed by atoms with van der Waals surface area (Å²) in [6.45, 7) is 5.97. The zero-order valence-electron chi connectivity index (χ0n) is 11.8. The highest BCUT2D eigenvalue weighted by molar-refractivity contribution is 5.91. The van der Waals surface area contributed by atoms with Gasteiger partial charge in [0.2, 0.25) is 0 Å². The van der Waals surface area contributed by atoms with Crippen LogP contribution >= 0.6 is 0 Å². The molecule has 0 radical (unpaired) electrons. The number of hydrogen-bond donors (Lipinski definition) is 2. The summed E-state index contributed by atoms with van der Waals surface area (Å²) >= 11 is 0. The number of carbonyl (C=O) groups is 1. The highest BCUT2D eigenvalue weighted by Crippen LogP contribution is 2.58. The smallest absolute Gasteiger partial charge is 0.334 e. The van der Waals surface area contributed by atoms with Gasteiger partial charge in [-0.05, 0) is 37.7 Å². The van der Waals surface area contributed by atoms with Crippen molar-refractivity contribution in [2.75, 3.05) is 0 Å². The van der Waals surface area contributed by atoms with Crippen molar-refractivity contribution >= 4 is 5.97 Å². The lowest BCUT2D eigenvalue weighted by Gasteiger charge is -2.58. The molecule has 19 heavy (non-hydrogen) atoms. The molecule has 3 rings (SSSR count). The average Bonchev–Trinajstić information content (AvgIpc) is 2.61. The summed E-state index contributed by atoms with van der Waals surface area (Å²) in [6.07, 6.45) is 1.43. The number of ether oxygens (including phenoxy) is 1. The van der Waals surface area contributed by atoms with Crippen molar-refractivity contribution in [2.24, 2.45) is 11.3 Å². The van der Waals surface area contributed by atoms with Gasteiger partial charge < -0.3 is 14.9 Å². The van der Waals surface area contributed by atoms with Crippen molar-refractivity contribution < 1.29 is 19.7 Å². The molecular formula is C15H22O4. The first-order chi connectivity index (χ1) is 8.79. The predicted molar refractivity (Wildman–Crippen MR) is 69.3 cm³/mol. The van der Waals surface area contributed by atoms with Gasteiger partial charge in [-0.15, -0.1) is 0 Å². The van der Waals surface area contributed by atoms with Crippen LogP contribution in [-0.4, -0.2) is 34.0 Å². The van der Waals surface area contributed by atoms with E-state index in [1.807, 2.05) is 6.92 Å². The molecular weight excluding hydrogens is 244 g/mol. The Labute approximate surface area is 113 Å². The van der Waals surface area contributed by atoms with E-state index >= 15 is 0 Å². The molecule has 4 nitrogen and oxygen atoms in total. The number of esters is 1. The van der Waals surface area contributed by atoms with Crippen LogP contribution in [-0.2, 0) is 9.53 Å². The van der Waals surface area contributed by atoms with E-state index in [-0.39, 0.29) is 17.5 Å². The number of rotatable bonds is 0. The van der Waals surface area contributed by atoms with Crippen LogP contribution < -0.4 is 0 Å². The second kappa shape index (κ2) is 3.83. The lowest BCUT2D eigenvalue weighted by Crippen LogP contribution is -2.64. The third-order valence-electron chi connectivity index (χ3n) is 5.98. The van der Waals surface area contributed by atoms with Gasteiger partial charge in [0.15, 0.2) is 0 Å². The Morgan fingerprint density at radius 2 is 2.05 bits per heavy atom. The summed E-state index contributed by atoms with van der Waals surface area (Å²) < 4.78 is 5.34. The van der Waals surface area contributed by atoms with Crippen molar-refractivity contribution in [2.45, 2.75) is 64.3 Å². The molecule has 1 heterocycles. The van der Waals surface area contributed by atoms with E-state index in [2.05, 4.69) is 6.92 Å². The second-order valence-electron chi connectivity index (χ2n) is 6.76. The second-order valence-corrected chi connectivity index (χ2v) is 6.76. The maximum Gasteiger partial charge on any atom is 0.334 e. The van der Waals surface area contributed by atoms with Crippen LogP contribution in [0.1, 0.15) is 46.5 Å². The fourth-order valence-electron chi connectivity index (χ4n) is 4.22. The number of fused-ring (bicyclic) bond motifs is 2. The molecule has 3 aliphatic rings. The first kappa shape index (κ1) is 13.1. The molecule has 1 unspecified atom stereocenters. The summed E-state index contributed by atoms with van der Waals surface area (Å²) in [5.41, 5.74) is 0.189. The molecule has 1 aliphatic heterocycles. The van der Waals surface area contributed by atoms with Crippen LogP contribution in [0.3, 0.4) is 0 Å². The molecule has 2 N–H and O–H groups in total. The number of aliphatic hydroxyl groups is 2. The largest absolute Gasteiger partial charge is 0.454 e. The van der Waals surface area contributed by atoms with Gasteiger partial charge in [0, 0.05) is 17.4 Å². The Morgan fingerprint density at radius 1 is 1.37 bits per heavy atom. The summed E-state index contributed by atoms with van der Waals surface area (Å²) in [4.78, 5) is 11.7. The molecule has 2 aliphatic carbocycles. The van der Waals surface area contributed by atoms with Crippen molar-refractivity contribution in [3.05, 3.63) is 11.1 Å². The number of carbonyl (C=O) groups excluding carboxylic acids is 1. The first-order valence-corrected chi connectivity index (χ1v) is 7.10. The fourth-order valence-corrected chi connectivity index (χ4v) is 4.22.